The number of para-hydroxylation sites is 1. The monoisotopic (exact) mass is 345 g/mol. The molecule has 124 valence electrons. The van der Waals surface area contributed by atoms with Crippen LogP contribution in [0, 0.1) is 10.1 Å². The van der Waals surface area contributed by atoms with Crippen molar-refractivity contribution in [2.45, 2.75) is 6.42 Å². The minimum Gasteiger partial charge on any atom is -0.483 e. The lowest BCUT2D eigenvalue weighted by Gasteiger charge is -2.09. The number of allylic oxidation sites excluding steroid dienone is 1. The van der Waals surface area contributed by atoms with E-state index in [2.05, 4.69) is 17.1 Å². The quantitative estimate of drug-likeness (QED) is 0.344. The van der Waals surface area contributed by atoms with Crippen molar-refractivity contribution in [3.05, 3.63) is 69.6 Å². The Morgan fingerprint density at radius 3 is 2.88 bits per heavy atom. The molecule has 0 atom stereocenters. The molecule has 0 aliphatic carbocycles. The van der Waals surface area contributed by atoms with Gasteiger partial charge in [0.05, 0.1) is 16.0 Å². The zero-order valence-corrected chi connectivity index (χ0v) is 13.5. The molecule has 8 heteroatoms. The van der Waals surface area contributed by atoms with Gasteiger partial charge >= 0.3 is 5.00 Å². The minimum atomic E-state index is -0.477. The highest BCUT2D eigenvalue weighted by Crippen LogP contribution is 2.22. The second-order valence-corrected chi connectivity index (χ2v) is 5.71. The van der Waals surface area contributed by atoms with Crippen molar-refractivity contribution in [3.63, 3.8) is 0 Å². The van der Waals surface area contributed by atoms with Crippen molar-refractivity contribution in [3.8, 4) is 5.75 Å². The molecule has 0 unspecified atom stereocenters. The molecule has 1 aromatic heterocycles. The lowest BCUT2D eigenvalue weighted by molar-refractivity contribution is -0.380. The number of carbonyl (C=O) groups excluding carboxylic acids is 1. The second kappa shape index (κ2) is 8.59. The second-order valence-electron chi connectivity index (χ2n) is 4.62. The number of thiophene rings is 1. The molecule has 2 rings (SSSR count). The molecule has 2 aromatic rings. The van der Waals surface area contributed by atoms with E-state index in [-0.39, 0.29) is 11.6 Å². The number of nitro groups is 1. The van der Waals surface area contributed by atoms with Crippen molar-refractivity contribution >= 4 is 28.5 Å². The van der Waals surface area contributed by atoms with Crippen molar-refractivity contribution in [1.29, 1.82) is 0 Å². The highest BCUT2D eigenvalue weighted by molar-refractivity contribution is 7.16. The Balaban J connectivity index is 1.84. The fourth-order valence-corrected chi connectivity index (χ4v) is 2.52. The van der Waals surface area contributed by atoms with Crippen LogP contribution in [0.3, 0.4) is 0 Å². The number of carbonyl (C=O) groups is 1. The predicted octanol–water partition coefficient (Wildman–Crippen LogP) is 2.91. The third kappa shape index (κ3) is 5.03. The number of hydrogen-bond donors (Lipinski definition) is 1. The number of rotatable bonds is 8. The van der Waals surface area contributed by atoms with Crippen molar-refractivity contribution in [2.24, 2.45) is 5.10 Å². The summed E-state index contributed by atoms with van der Waals surface area (Å²) < 4.78 is 5.47. The number of nitrogens with one attached hydrogen (secondary N) is 1. The van der Waals surface area contributed by atoms with E-state index < -0.39 is 10.8 Å². The van der Waals surface area contributed by atoms with Crippen molar-refractivity contribution < 1.29 is 14.5 Å². The lowest BCUT2D eigenvalue weighted by Crippen LogP contribution is -2.24. The van der Waals surface area contributed by atoms with Crippen LogP contribution in [0.5, 0.6) is 5.75 Å². The van der Waals surface area contributed by atoms with Crippen LogP contribution in [0.25, 0.3) is 0 Å². The molecule has 1 heterocycles. The highest BCUT2D eigenvalue weighted by Gasteiger charge is 2.08. The maximum absolute atomic E-state index is 11.7. The molecule has 0 fully saturated rings. The van der Waals surface area contributed by atoms with Gasteiger partial charge in [-0.15, -0.1) is 6.58 Å². The number of benzene rings is 1. The molecule has 0 saturated heterocycles. The first-order valence-electron chi connectivity index (χ1n) is 6.98. The Hall–Kier alpha value is -3.00. The highest BCUT2D eigenvalue weighted by atomic mass is 32.1. The van der Waals surface area contributed by atoms with E-state index in [1.54, 1.807) is 18.2 Å². The molecule has 0 saturated carbocycles. The van der Waals surface area contributed by atoms with E-state index in [9.17, 15) is 14.9 Å². The maximum Gasteiger partial charge on any atom is 0.324 e. The van der Waals surface area contributed by atoms with E-state index in [1.807, 2.05) is 18.2 Å². The van der Waals surface area contributed by atoms with Gasteiger partial charge < -0.3 is 4.74 Å². The minimum absolute atomic E-state index is 0.0185. The first-order valence-corrected chi connectivity index (χ1v) is 7.79. The molecule has 7 nitrogen and oxygen atoms in total. The van der Waals surface area contributed by atoms with E-state index in [4.69, 9.17) is 4.74 Å². The Morgan fingerprint density at radius 2 is 2.17 bits per heavy atom. The van der Waals surface area contributed by atoms with E-state index >= 15 is 0 Å². The fraction of sp³-hybridized carbons (Fsp3) is 0.125. The largest absolute Gasteiger partial charge is 0.483 e. The number of hydrazone groups is 1. The summed E-state index contributed by atoms with van der Waals surface area (Å²) in [4.78, 5) is 22.4. The summed E-state index contributed by atoms with van der Waals surface area (Å²) in [5.74, 6) is 0.191. The Bertz CT molecular complexity index is 770. The molecule has 1 aromatic carbocycles. The summed E-state index contributed by atoms with van der Waals surface area (Å²) in [6, 6.07) is 10.3. The molecular weight excluding hydrogens is 330 g/mol. The van der Waals surface area contributed by atoms with Gasteiger partial charge in [0.1, 0.15) is 5.75 Å². The molecule has 0 aliphatic heterocycles. The first-order chi connectivity index (χ1) is 11.6. The standard InChI is InChI=1S/C16H15N3O4S/c1-2-5-12-6-3-4-7-14(12)23-11-15(20)18-17-10-13-8-9-16(24-13)19(21)22/h2-4,6-10H,1,5,11H2,(H,18,20)/b17-10-. The molecule has 1 N–H and O–H groups in total. The summed E-state index contributed by atoms with van der Waals surface area (Å²) >= 11 is 0.970. The summed E-state index contributed by atoms with van der Waals surface area (Å²) in [6.07, 6.45) is 3.75. The van der Waals surface area contributed by atoms with Crippen LogP contribution in [0.2, 0.25) is 0 Å². The molecule has 24 heavy (non-hydrogen) atoms. The van der Waals surface area contributed by atoms with Gasteiger partial charge in [0, 0.05) is 6.07 Å². The van der Waals surface area contributed by atoms with Crippen LogP contribution in [0.4, 0.5) is 5.00 Å². The smallest absolute Gasteiger partial charge is 0.324 e. The summed E-state index contributed by atoms with van der Waals surface area (Å²) in [5.41, 5.74) is 3.25. The van der Waals surface area contributed by atoms with Gasteiger partial charge in [0.2, 0.25) is 0 Å². The zero-order chi connectivity index (χ0) is 17.4. The molecule has 0 aliphatic rings. The van der Waals surface area contributed by atoms with E-state index in [0.717, 1.165) is 16.9 Å². The topological polar surface area (TPSA) is 93.8 Å². The Labute approximate surface area is 142 Å². The van der Waals surface area contributed by atoms with Gasteiger partial charge in [-0.1, -0.05) is 35.6 Å². The van der Waals surface area contributed by atoms with Gasteiger partial charge in [-0.3, -0.25) is 14.9 Å². The van der Waals surface area contributed by atoms with Crippen LogP contribution in [-0.2, 0) is 11.2 Å². The number of amides is 1. The summed E-state index contributed by atoms with van der Waals surface area (Å²) in [7, 11) is 0. The number of ether oxygens (including phenoxy) is 1. The van der Waals surface area contributed by atoms with Crippen LogP contribution in [-0.4, -0.2) is 23.7 Å². The van der Waals surface area contributed by atoms with E-state index in [0.29, 0.717) is 17.0 Å². The van der Waals surface area contributed by atoms with Crippen LogP contribution in [0.15, 0.2) is 54.2 Å². The number of nitrogens with zero attached hydrogens (tertiary/aromatic N) is 2. The predicted molar refractivity (Wildman–Crippen MR) is 92.5 cm³/mol. The first kappa shape index (κ1) is 17.4. The van der Waals surface area contributed by atoms with Gasteiger partial charge in [0.15, 0.2) is 6.61 Å². The van der Waals surface area contributed by atoms with Gasteiger partial charge in [-0.05, 0) is 24.1 Å². The van der Waals surface area contributed by atoms with Gasteiger partial charge in [-0.25, -0.2) is 5.43 Å². The third-order valence-corrected chi connectivity index (χ3v) is 3.84. The third-order valence-electron chi connectivity index (χ3n) is 2.87. The SMILES string of the molecule is C=CCc1ccccc1OCC(=O)N/N=C\c1ccc([N+](=O)[O-])s1. The fourth-order valence-electron chi connectivity index (χ4n) is 1.82. The molecule has 0 radical (unpaired) electrons. The van der Waals surface area contributed by atoms with Crippen molar-refractivity contribution in [2.75, 3.05) is 6.61 Å². The Morgan fingerprint density at radius 1 is 1.38 bits per heavy atom. The summed E-state index contributed by atoms with van der Waals surface area (Å²) in [5, 5.41) is 14.3. The maximum atomic E-state index is 11.7. The Kier molecular flexibility index (Phi) is 6.21. The summed E-state index contributed by atoms with van der Waals surface area (Å²) in [6.45, 7) is 3.49. The molecule has 1 amide bonds. The van der Waals surface area contributed by atoms with Crippen LogP contribution < -0.4 is 10.2 Å². The molecular formula is C16H15N3O4S. The lowest BCUT2D eigenvalue weighted by atomic mass is 10.1. The van der Waals surface area contributed by atoms with Gasteiger partial charge in [-0.2, -0.15) is 5.10 Å². The zero-order valence-electron chi connectivity index (χ0n) is 12.7. The van der Waals surface area contributed by atoms with E-state index in [1.165, 1.54) is 12.3 Å². The van der Waals surface area contributed by atoms with Crippen LogP contribution >= 0.6 is 11.3 Å². The molecule has 0 spiro atoms. The number of hydrogen-bond acceptors (Lipinski definition) is 6. The average molecular weight is 345 g/mol. The average Bonchev–Trinajstić information content (AvgIpc) is 3.03. The van der Waals surface area contributed by atoms with Crippen molar-refractivity contribution in [1.82, 2.24) is 5.43 Å². The van der Waals surface area contributed by atoms with Gasteiger partial charge in [0.25, 0.3) is 5.91 Å². The normalized spacial score (nSPS) is 10.5. The van der Waals surface area contributed by atoms with Crippen LogP contribution in [0.1, 0.15) is 10.4 Å². The molecule has 0 bridgehead atoms.